The van der Waals surface area contributed by atoms with E-state index in [0.717, 1.165) is 44.5 Å². The summed E-state index contributed by atoms with van der Waals surface area (Å²) in [4.78, 5) is 4.47. The van der Waals surface area contributed by atoms with E-state index in [9.17, 15) is 0 Å². The second kappa shape index (κ2) is 9.96. The van der Waals surface area contributed by atoms with E-state index in [1.807, 2.05) is 42.5 Å². The molecule has 2 N–H and O–H groups in total. The third-order valence-electron chi connectivity index (χ3n) is 6.98. The number of anilines is 1. The van der Waals surface area contributed by atoms with Crippen LogP contribution in [0.2, 0.25) is 0 Å². The van der Waals surface area contributed by atoms with Gasteiger partial charge in [0.2, 0.25) is 0 Å². The average Bonchev–Trinajstić information content (AvgIpc) is 3.34. The highest BCUT2D eigenvalue weighted by molar-refractivity contribution is 5.95. The average molecular weight is 497 g/mol. The number of nitrogens with zero attached hydrogens (tertiary/aromatic N) is 3. The Bertz CT molecular complexity index is 1580. The molecule has 0 radical (unpaired) electrons. The fraction of sp³-hybridized carbons (Fsp3) is 0.0909. The zero-order valence-corrected chi connectivity index (χ0v) is 21.2. The molecule has 0 aliphatic rings. The molecular weight excluding hydrogens is 468 g/mol. The van der Waals surface area contributed by atoms with E-state index in [-0.39, 0.29) is 0 Å². The van der Waals surface area contributed by atoms with Crippen LogP contribution in [0.15, 0.2) is 128 Å². The van der Waals surface area contributed by atoms with E-state index < -0.39 is 5.54 Å². The number of hydrogen-bond acceptors (Lipinski definition) is 4. The molecule has 6 rings (SSSR count). The predicted octanol–water partition coefficient (Wildman–Crippen LogP) is 6.67. The molecule has 0 unspecified atom stereocenters. The molecule has 4 aromatic carbocycles. The fourth-order valence-electron chi connectivity index (χ4n) is 5.36. The molecule has 186 valence electrons. The number of aromatic nitrogens is 3. The van der Waals surface area contributed by atoms with Crippen molar-refractivity contribution < 1.29 is 4.74 Å². The van der Waals surface area contributed by atoms with Crippen molar-refractivity contribution >= 4 is 16.6 Å². The highest BCUT2D eigenvalue weighted by atomic mass is 16.5. The highest BCUT2D eigenvalue weighted by Gasteiger charge is 2.41. The van der Waals surface area contributed by atoms with Gasteiger partial charge in [0, 0.05) is 29.9 Å². The monoisotopic (exact) mass is 496 g/mol. The first-order chi connectivity index (χ1) is 18.7. The van der Waals surface area contributed by atoms with Crippen LogP contribution in [0.3, 0.4) is 0 Å². The van der Waals surface area contributed by atoms with Crippen molar-refractivity contribution in [1.82, 2.24) is 14.8 Å². The summed E-state index contributed by atoms with van der Waals surface area (Å²) in [5, 5.41) is 6.37. The topological polar surface area (TPSA) is 66.0 Å². The first-order valence-electron chi connectivity index (χ1n) is 12.6. The summed E-state index contributed by atoms with van der Waals surface area (Å²) < 4.78 is 7.51. The Morgan fingerprint density at radius 1 is 0.737 bits per heavy atom. The van der Waals surface area contributed by atoms with E-state index in [4.69, 9.17) is 15.6 Å². The Morgan fingerprint density at radius 3 is 1.87 bits per heavy atom. The Morgan fingerprint density at radius 2 is 1.32 bits per heavy atom. The number of rotatable bonds is 7. The maximum Gasteiger partial charge on any atom is 0.138 e. The van der Waals surface area contributed by atoms with E-state index in [1.54, 1.807) is 13.3 Å². The second-order valence-corrected chi connectivity index (χ2v) is 9.31. The third kappa shape index (κ3) is 3.94. The van der Waals surface area contributed by atoms with Gasteiger partial charge < -0.3 is 10.5 Å². The number of hydrogen-bond donors (Lipinski definition) is 1. The summed E-state index contributed by atoms with van der Waals surface area (Å²) in [7, 11) is 1.67. The second-order valence-electron chi connectivity index (χ2n) is 9.31. The minimum Gasteiger partial charge on any atom is -0.399 e. The number of nitrogen functional groups attached to an aromatic ring is 1. The molecule has 5 heteroatoms. The minimum absolute atomic E-state index is 0.427. The summed E-state index contributed by atoms with van der Waals surface area (Å²) in [5.74, 6) is 0. The van der Waals surface area contributed by atoms with Crippen molar-refractivity contribution in [3.8, 4) is 11.3 Å². The zero-order chi connectivity index (χ0) is 26.0. The van der Waals surface area contributed by atoms with Crippen molar-refractivity contribution in [3.63, 3.8) is 0 Å². The molecule has 0 saturated heterocycles. The zero-order valence-electron chi connectivity index (χ0n) is 21.2. The van der Waals surface area contributed by atoms with Gasteiger partial charge in [-0.2, -0.15) is 5.10 Å². The van der Waals surface area contributed by atoms with E-state index >= 15 is 0 Å². The van der Waals surface area contributed by atoms with Gasteiger partial charge in [0.25, 0.3) is 0 Å². The van der Waals surface area contributed by atoms with Crippen LogP contribution in [0.5, 0.6) is 0 Å². The van der Waals surface area contributed by atoms with Crippen LogP contribution in [0.4, 0.5) is 5.69 Å². The van der Waals surface area contributed by atoms with Crippen molar-refractivity contribution in [2.24, 2.45) is 0 Å². The summed E-state index contributed by atoms with van der Waals surface area (Å²) in [5.41, 5.74) is 13.3. The van der Waals surface area contributed by atoms with Gasteiger partial charge in [0.1, 0.15) is 11.2 Å². The van der Waals surface area contributed by atoms with Crippen molar-refractivity contribution in [1.29, 1.82) is 0 Å². The number of nitrogens with two attached hydrogens (primary N) is 1. The Hall–Kier alpha value is -4.74. The van der Waals surface area contributed by atoms with Gasteiger partial charge in [-0.1, -0.05) is 91.0 Å². The lowest BCUT2D eigenvalue weighted by Gasteiger charge is -2.37. The summed E-state index contributed by atoms with van der Waals surface area (Å²) in [6.45, 7) is 0.427. The normalized spacial score (nSPS) is 11.6. The van der Waals surface area contributed by atoms with Gasteiger partial charge in [-0.05, 0) is 47.0 Å². The van der Waals surface area contributed by atoms with Crippen LogP contribution in [0.1, 0.15) is 22.4 Å². The van der Waals surface area contributed by atoms with E-state index in [0.29, 0.717) is 12.3 Å². The van der Waals surface area contributed by atoms with Crippen molar-refractivity contribution in [3.05, 3.63) is 150 Å². The van der Waals surface area contributed by atoms with Crippen LogP contribution >= 0.6 is 0 Å². The summed E-state index contributed by atoms with van der Waals surface area (Å²) in [6.07, 6.45) is 1.81. The number of fused-ring (bicyclic) bond motifs is 1. The third-order valence-corrected chi connectivity index (χ3v) is 6.98. The lowest BCUT2D eigenvalue weighted by atomic mass is 9.77. The van der Waals surface area contributed by atoms with E-state index in [2.05, 4.69) is 88.5 Å². The molecule has 0 bridgehead atoms. The molecule has 0 fully saturated rings. The number of pyridine rings is 1. The Balaban J connectivity index is 1.75. The SMILES string of the molecule is COCc1cc(-c2nn(C(c3ccccc3)(c3ccccc3)c3ccccc3)c3ccc(N)cc23)ccn1. The van der Waals surface area contributed by atoms with Gasteiger partial charge in [-0.15, -0.1) is 0 Å². The minimum atomic E-state index is -0.737. The lowest BCUT2D eigenvalue weighted by Crippen LogP contribution is -2.38. The molecular formula is C33H28N4O. The molecule has 38 heavy (non-hydrogen) atoms. The highest BCUT2D eigenvalue weighted by Crippen LogP contribution is 2.44. The largest absolute Gasteiger partial charge is 0.399 e. The van der Waals surface area contributed by atoms with Crippen LogP contribution in [0, 0.1) is 0 Å². The van der Waals surface area contributed by atoms with Crippen LogP contribution < -0.4 is 5.73 Å². The van der Waals surface area contributed by atoms with Gasteiger partial charge in [0.05, 0.1) is 17.8 Å². The number of benzene rings is 4. The molecule has 0 aliphatic carbocycles. The van der Waals surface area contributed by atoms with Gasteiger partial charge >= 0.3 is 0 Å². The van der Waals surface area contributed by atoms with Gasteiger partial charge in [-0.3, -0.25) is 4.98 Å². The fourth-order valence-corrected chi connectivity index (χ4v) is 5.36. The van der Waals surface area contributed by atoms with E-state index in [1.165, 1.54) is 0 Å². The van der Waals surface area contributed by atoms with Crippen LogP contribution in [0.25, 0.3) is 22.2 Å². The van der Waals surface area contributed by atoms with Crippen LogP contribution in [-0.2, 0) is 16.9 Å². The quantitative estimate of drug-likeness (QED) is 0.198. The molecule has 2 heterocycles. The summed E-state index contributed by atoms with van der Waals surface area (Å²) in [6, 6.07) is 41.7. The smallest absolute Gasteiger partial charge is 0.138 e. The molecule has 2 aromatic heterocycles. The molecule has 6 aromatic rings. The number of ether oxygens (including phenoxy) is 1. The van der Waals surface area contributed by atoms with Crippen LogP contribution in [-0.4, -0.2) is 21.9 Å². The Labute approximate surface area is 222 Å². The molecule has 5 nitrogen and oxygen atoms in total. The summed E-state index contributed by atoms with van der Waals surface area (Å²) >= 11 is 0. The maximum absolute atomic E-state index is 6.33. The molecule has 0 atom stereocenters. The van der Waals surface area contributed by atoms with Gasteiger partial charge in [0.15, 0.2) is 0 Å². The Kier molecular flexibility index (Phi) is 6.20. The standard InChI is InChI=1S/C33H28N4O/c1-38-23-29-21-24(19-20-35-29)32-30-22-28(34)17-18-31(30)37(36-32)33(25-11-5-2-6-12-25,26-13-7-3-8-14-26)27-15-9-4-10-16-27/h2-22H,23,34H2,1H3. The maximum atomic E-state index is 6.33. The number of methoxy groups -OCH3 is 1. The molecule has 0 amide bonds. The molecule has 0 saturated carbocycles. The van der Waals surface area contributed by atoms with Crippen molar-refractivity contribution in [2.45, 2.75) is 12.1 Å². The lowest BCUT2D eigenvalue weighted by molar-refractivity contribution is 0.181. The van der Waals surface area contributed by atoms with Gasteiger partial charge in [-0.25, -0.2) is 4.68 Å². The molecule has 0 spiro atoms. The first kappa shape index (κ1) is 23.6. The van der Waals surface area contributed by atoms with Crippen molar-refractivity contribution in [2.75, 3.05) is 12.8 Å². The predicted molar refractivity (Wildman–Crippen MR) is 153 cm³/mol. The first-order valence-corrected chi connectivity index (χ1v) is 12.6. The molecule has 0 aliphatic heterocycles.